The minimum atomic E-state index is -1.74. The van der Waals surface area contributed by atoms with Gasteiger partial charge in [0.2, 0.25) is 0 Å². The van der Waals surface area contributed by atoms with Crippen molar-refractivity contribution in [3.63, 3.8) is 0 Å². The number of methoxy groups -OCH3 is 1. The minimum absolute atomic E-state index is 0.0271. The van der Waals surface area contributed by atoms with Crippen molar-refractivity contribution in [2.45, 2.75) is 202 Å². The molecule has 0 radical (unpaired) electrons. The van der Waals surface area contributed by atoms with Crippen molar-refractivity contribution in [2.75, 3.05) is 33.5 Å². The fourth-order valence-electron chi connectivity index (χ4n) is 14.5. The van der Waals surface area contributed by atoms with Crippen molar-refractivity contribution >= 4 is 0 Å². The fraction of sp³-hybridized carbons (Fsp3) is 1.00. The highest BCUT2D eigenvalue weighted by Crippen LogP contribution is 2.71. The standard InChI is InChI=1S/C46H78O19/c1-20(19-59-41-38(56)35(53)32(50)28(16-47)61-41)8-13-46(58-5)21(2)31-27(65-46)15-26-24-7-6-22-14-23(9-11-44(22,3)25(24)10-12-45(26,31)4)60-43-40(37(55)34(52)30(18-49)63-43)64-42-39(57)36(54)33(51)29(17-48)62-42/h20-43,47-57H,6-19H2,1-5H3/t20-,21+,22-,23+,24-,25+,26+,27+,28-,29-,30-,31+,32-,33-,34-,35+,36+,37+,38-,39-,40-,41-,42+,43-,44+,45+,46-/m1/s1. The average molecular weight is 935 g/mol. The van der Waals surface area contributed by atoms with E-state index in [1.165, 1.54) is 0 Å². The van der Waals surface area contributed by atoms with Crippen LogP contribution in [0.15, 0.2) is 0 Å². The van der Waals surface area contributed by atoms with E-state index in [1.54, 1.807) is 7.11 Å². The maximum Gasteiger partial charge on any atom is 0.187 e. The zero-order chi connectivity index (χ0) is 46.9. The third-order valence-electron chi connectivity index (χ3n) is 18.3. The van der Waals surface area contributed by atoms with E-state index in [0.29, 0.717) is 48.9 Å². The molecule has 0 unspecified atom stereocenters. The lowest BCUT2D eigenvalue weighted by atomic mass is 9.44. The van der Waals surface area contributed by atoms with Crippen LogP contribution < -0.4 is 0 Å². The summed E-state index contributed by atoms with van der Waals surface area (Å²) >= 11 is 0. The van der Waals surface area contributed by atoms with Gasteiger partial charge in [-0.15, -0.1) is 0 Å². The molecule has 8 aliphatic rings. The number of hydrogen-bond acceptors (Lipinski definition) is 19. The van der Waals surface area contributed by atoms with E-state index in [4.69, 9.17) is 37.9 Å². The predicted octanol–water partition coefficient (Wildman–Crippen LogP) is -1.13. The van der Waals surface area contributed by atoms with Crippen LogP contribution in [0.4, 0.5) is 0 Å². The van der Waals surface area contributed by atoms with Crippen LogP contribution in [-0.4, -0.2) is 200 Å². The van der Waals surface area contributed by atoms with E-state index in [0.717, 1.165) is 44.9 Å². The van der Waals surface area contributed by atoms with Gasteiger partial charge in [-0.2, -0.15) is 0 Å². The van der Waals surface area contributed by atoms with Crippen molar-refractivity contribution in [2.24, 2.45) is 52.3 Å². The third kappa shape index (κ3) is 8.90. The van der Waals surface area contributed by atoms with Gasteiger partial charge < -0.3 is 94.1 Å². The SMILES string of the molecule is CO[C@]1(CC[C@@H](C)CO[C@@H]2O[C@H](CO)[C@@H](O)[C@H](O)[C@H]2O)O[C@H]2C[C@H]3[C@@H]4CC[C@@H]5C[C@@H](O[C@@H]6O[C@H](CO)[C@@H](O)[C@H](O)[C@H]6O[C@@H]6O[C@H](CO)[C@@H](O)[C@H](O)[C@H]6O)CC[C@]5(C)[C@H]4CC[C@]3(C)[C@H]2[C@@H]1C. The molecule has 376 valence electrons. The lowest BCUT2D eigenvalue weighted by Crippen LogP contribution is -2.65. The summed E-state index contributed by atoms with van der Waals surface area (Å²) in [6.45, 7) is 7.69. The summed E-state index contributed by atoms with van der Waals surface area (Å²) in [4.78, 5) is 0. The van der Waals surface area contributed by atoms with Crippen LogP contribution in [0.3, 0.4) is 0 Å². The number of rotatable bonds is 14. The Balaban J connectivity index is 0.880. The molecule has 0 aromatic carbocycles. The van der Waals surface area contributed by atoms with E-state index >= 15 is 0 Å². The number of ether oxygens (including phenoxy) is 8. The molecule has 27 atom stereocenters. The average Bonchev–Trinajstić information content (AvgIpc) is 3.76. The second kappa shape index (κ2) is 19.8. The molecule has 4 aliphatic heterocycles. The van der Waals surface area contributed by atoms with Gasteiger partial charge in [0.15, 0.2) is 24.7 Å². The van der Waals surface area contributed by atoms with Gasteiger partial charge in [0.25, 0.3) is 0 Å². The molecular formula is C46H78O19. The summed E-state index contributed by atoms with van der Waals surface area (Å²) in [5.74, 6) is 1.67. The zero-order valence-corrected chi connectivity index (χ0v) is 38.4. The summed E-state index contributed by atoms with van der Waals surface area (Å²) in [5.41, 5.74) is 0.150. The molecule has 0 amide bonds. The molecule has 11 N–H and O–H groups in total. The van der Waals surface area contributed by atoms with Gasteiger partial charge >= 0.3 is 0 Å². The first-order valence-electron chi connectivity index (χ1n) is 24.2. The highest BCUT2D eigenvalue weighted by atomic mass is 16.8. The Bertz CT molecular complexity index is 1580. The van der Waals surface area contributed by atoms with Crippen LogP contribution in [0.5, 0.6) is 0 Å². The predicted molar refractivity (Wildman–Crippen MR) is 224 cm³/mol. The Morgan fingerprint density at radius 1 is 0.631 bits per heavy atom. The Morgan fingerprint density at radius 2 is 1.22 bits per heavy atom. The van der Waals surface area contributed by atoms with Crippen molar-refractivity contribution < 1.29 is 94.1 Å². The van der Waals surface area contributed by atoms with E-state index < -0.39 is 118 Å². The first-order valence-corrected chi connectivity index (χ1v) is 24.2. The molecule has 4 heterocycles. The first-order chi connectivity index (χ1) is 30.9. The van der Waals surface area contributed by atoms with Crippen LogP contribution in [0.2, 0.25) is 0 Å². The number of hydrogen-bond donors (Lipinski definition) is 11. The largest absolute Gasteiger partial charge is 0.394 e. The van der Waals surface area contributed by atoms with Crippen molar-refractivity contribution in [1.82, 2.24) is 0 Å². The normalized spacial score (nSPS) is 54.9. The van der Waals surface area contributed by atoms with Gasteiger partial charge in [-0.1, -0.05) is 27.7 Å². The van der Waals surface area contributed by atoms with Crippen LogP contribution in [-0.2, 0) is 37.9 Å². The summed E-state index contributed by atoms with van der Waals surface area (Å²) < 4.78 is 48.8. The second-order valence-electron chi connectivity index (χ2n) is 21.6. The second-order valence-corrected chi connectivity index (χ2v) is 21.6. The maximum absolute atomic E-state index is 11.2. The lowest BCUT2D eigenvalue weighted by Gasteiger charge is -2.61. The van der Waals surface area contributed by atoms with Gasteiger partial charge in [-0.25, -0.2) is 0 Å². The van der Waals surface area contributed by atoms with E-state index in [-0.39, 0.29) is 41.5 Å². The van der Waals surface area contributed by atoms with Crippen LogP contribution >= 0.6 is 0 Å². The van der Waals surface area contributed by atoms with Crippen molar-refractivity contribution in [1.29, 1.82) is 0 Å². The summed E-state index contributed by atoms with van der Waals surface area (Å²) in [6.07, 6.45) is -12.7. The van der Waals surface area contributed by atoms with Gasteiger partial charge in [-0.3, -0.25) is 0 Å². The lowest BCUT2D eigenvalue weighted by molar-refractivity contribution is -0.373. The monoisotopic (exact) mass is 935 g/mol. The van der Waals surface area contributed by atoms with Crippen LogP contribution in [0.1, 0.15) is 91.9 Å². The molecule has 4 aliphatic carbocycles. The fourth-order valence-corrected chi connectivity index (χ4v) is 14.5. The Kier molecular flexibility index (Phi) is 15.4. The summed E-state index contributed by atoms with van der Waals surface area (Å²) in [6, 6.07) is 0. The van der Waals surface area contributed by atoms with Gasteiger partial charge in [0, 0.05) is 19.4 Å². The highest BCUT2D eigenvalue weighted by Gasteiger charge is 2.69. The number of aliphatic hydroxyl groups excluding tert-OH is 11. The molecule has 0 aromatic heterocycles. The zero-order valence-electron chi connectivity index (χ0n) is 38.4. The van der Waals surface area contributed by atoms with E-state index in [2.05, 4.69) is 20.8 Å². The molecule has 65 heavy (non-hydrogen) atoms. The number of aliphatic hydroxyl groups is 11. The van der Waals surface area contributed by atoms with Crippen molar-refractivity contribution in [3.05, 3.63) is 0 Å². The Labute approximate surface area is 381 Å². The summed E-state index contributed by atoms with van der Waals surface area (Å²) in [7, 11) is 1.73. The smallest absolute Gasteiger partial charge is 0.187 e. The molecule has 0 bridgehead atoms. The molecule has 19 heteroatoms. The van der Waals surface area contributed by atoms with Gasteiger partial charge in [-0.05, 0) is 104 Å². The molecule has 8 fully saturated rings. The molecule has 0 spiro atoms. The number of fused-ring (bicyclic) bond motifs is 7. The van der Waals surface area contributed by atoms with Gasteiger partial charge in [0.05, 0.1) is 38.6 Å². The Morgan fingerprint density at radius 3 is 1.85 bits per heavy atom. The Hall–Kier alpha value is -0.760. The molecule has 8 rings (SSSR count). The first kappa shape index (κ1) is 50.6. The van der Waals surface area contributed by atoms with Crippen molar-refractivity contribution in [3.8, 4) is 0 Å². The molecule has 4 saturated heterocycles. The van der Waals surface area contributed by atoms with E-state index in [9.17, 15) is 56.2 Å². The quantitative estimate of drug-likeness (QED) is 0.0920. The van der Waals surface area contributed by atoms with Crippen LogP contribution in [0, 0.1) is 52.3 Å². The van der Waals surface area contributed by atoms with E-state index in [1.807, 2.05) is 6.92 Å². The maximum atomic E-state index is 11.2. The highest BCUT2D eigenvalue weighted by molar-refractivity contribution is 5.15. The topological polar surface area (TPSA) is 296 Å². The van der Waals surface area contributed by atoms with Crippen LogP contribution in [0.25, 0.3) is 0 Å². The third-order valence-corrected chi connectivity index (χ3v) is 18.3. The summed E-state index contributed by atoms with van der Waals surface area (Å²) in [5, 5.41) is 113. The minimum Gasteiger partial charge on any atom is -0.394 e. The molecule has 0 aromatic rings. The molecular weight excluding hydrogens is 856 g/mol. The molecule has 19 nitrogen and oxygen atoms in total. The molecule has 4 saturated carbocycles. The van der Waals surface area contributed by atoms with Gasteiger partial charge in [0.1, 0.15) is 73.2 Å².